The van der Waals surface area contributed by atoms with E-state index in [-0.39, 0.29) is 18.1 Å². The summed E-state index contributed by atoms with van der Waals surface area (Å²) < 4.78 is 5.69. The molecule has 116 valence electrons. The Labute approximate surface area is 134 Å². The van der Waals surface area contributed by atoms with Gasteiger partial charge in [-0.15, -0.1) is 11.3 Å². The highest BCUT2D eigenvalue weighted by Gasteiger charge is 2.29. The van der Waals surface area contributed by atoms with Gasteiger partial charge in [0.05, 0.1) is 17.9 Å². The van der Waals surface area contributed by atoms with Crippen molar-refractivity contribution < 1.29 is 9.53 Å². The van der Waals surface area contributed by atoms with E-state index in [9.17, 15) is 4.79 Å². The van der Waals surface area contributed by atoms with E-state index < -0.39 is 0 Å². The maximum absolute atomic E-state index is 12.8. The average Bonchev–Trinajstić information content (AvgIpc) is 2.88. The zero-order chi connectivity index (χ0) is 15.7. The second kappa shape index (κ2) is 6.14. The number of rotatable bonds is 2. The standard InChI is InChI=1S/C16H19N3O2S/c1-10-8-19(9-11(2)21-10)16(20)14-12(3)18-15(22-14)13-5-4-6-17-7-13/h4-7,10-11H,8-9H2,1-3H3/t10-,11+. The molecule has 0 aliphatic carbocycles. The molecule has 3 rings (SSSR count). The second-order valence-electron chi connectivity index (χ2n) is 5.64. The fourth-order valence-corrected chi connectivity index (χ4v) is 3.72. The van der Waals surface area contributed by atoms with E-state index in [2.05, 4.69) is 9.97 Å². The molecule has 2 atom stereocenters. The average molecular weight is 317 g/mol. The lowest BCUT2D eigenvalue weighted by Gasteiger charge is -2.35. The maximum atomic E-state index is 12.8. The van der Waals surface area contributed by atoms with Gasteiger partial charge in [-0.1, -0.05) is 0 Å². The lowest BCUT2D eigenvalue weighted by atomic mass is 10.2. The highest BCUT2D eigenvalue weighted by Crippen LogP contribution is 2.29. The van der Waals surface area contributed by atoms with Crippen molar-refractivity contribution in [3.63, 3.8) is 0 Å². The summed E-state index contributed by atoms with van der Waals surface area (Å²) in [6.07, 6.45) is 3.63. The summed E-state index contributed by atoms with van der Waals surface area (Å²) in [4.78, 5) is 24.0. The van der Waals surface area contributed by atoms with Crippen molar-refractivity contribution in [2.75, 3.05) is 13.1 Å². The van der Waals surface area contributed by atoms with Gasteiger partial charge in [-0.2, -0.15) is 0 Å². The van der Waals surface area contributed by atoms with E-state index in [1.807, 2.05) is 37.8 Å². The smallest absolute Gasteiger partial charge is 0.266 e. The lowest BCUT2D eigenvalue weighted by Crippen LogP contribution is -2.48. The third-order valence-corrected chi connectivity index (χ3v) is 4.80. The normalized spacial score (nSPS) is 21.9. The van der Waals surface area contributed by atoms with Crippen LogP contribution in [0.4, 0.5) is 0 Å². The molecule has 0 radical (unpaired) electrons. The number of amides is 1. The van der Waals surface area contributed by atoms with Crippen LogP contribution in [0.5, 0.6) is 0 Å². The van der Waals surface area contributed by atoms with Gasteiger partial charge in [-0.3, -0.25) is 9.78 Å². The van der Waals surface area contributed by atoms with Crippen molar-refractivity contribution >= 4 is 17.2 Å². The topological polar surface area (TPSA) is 55.3 Å². The van der Waals surface area contributed by atoms with Gasteiger partial charge >= 0.3 is 0 Å². The fraction of sp³-hybridized carbons (Fsp3) is 0.438. The molecule has 0 spiro atoms. The van der Waals surface area contributed by atoms with E-state index in [4.69, 9.17) is 4.74 Å². The number of carbonyl (C=O) groups excluding carboxylic acids is 1. The molecule has 1 fully saturated rings. The summed E-state index contributed by atoms with van der Waals surface area (Å²) in [5.74, 6) is 0.0483. The molecule has 1 saturated heterocycles. The summed E-state index contributed by atoms with van der Waals surface area (Å²) in [5, 5.41) is 0.836. The predicted molar refractivity (Wildman–Crippen MR) is 86.0 cm³/mol. The van der Waals surface area contributed by atoms with Crippen molar-refractivity contribution in [2.24, 2.45) is 0 Å². The Morgan fingerprint density at radius 2 is 2.09 bits per heavy atom. The molecule has 0 aromatic carbocycles. The number of ether oxygens (including phenoxy) is 1. The van der Waals surface area contributed by atoms with E-state index in [0.29, 0.717) is 18.0 Å². The molecule has 5 nitrogen and oxygen atoms in total. The van der Waals surface area contributed by atoms with Crippen molar-refractivity contribution in [3.05, 3.63) is 35.1 Å². The van der Waals surface area contributed by atoms with Crippen molar-refractivity contribution in [1.82, 2.24) is 14.9 Å². The second-order valence-corrected chi connectivity index (χ2v) is 6.64. The van der Waals surface area contributed by atoms with E-state index in [1.165, 1.54) is 11.3 Å². The first-order chi connectivity index (χ1) is 10.5. The van der Waals surface area contributed by atoms with E-state index in [1.54, 1.807) is 12.4 Å². The SMILES string of the molecule is Cc1nc(-c2cccnc2)sc1C(=O)N1C[C@@H](C)O[C@@H](C)C1. The molecule has 0 unspecified atom stereocenters. The minimum absolute atomic E-state index is 0.0483. The molecule has 1 aliphatic heterocycles. The molecule has 0 bridgehead atoms. The number of aromatic nitrogens is 2. The van der Waals surface area contributed by atoms with Gasteiger partial charge in [0.15, 0.2) is 0 Å². The number of thiazole rings is 1. The highest BCUT2D eigenvalue weighted by molar-refractivity contribution is 7.17. The number of carbonyl (C=O) groups is 1. The fourth-order valence-electron chi connectivity index (χ4n) is 2.69. The molecular weight excluding hydrogens is 298 g/mol. The van der Waals surface area contributed by atoms with Crippen LogP contribution in [0.25, 0.3) is 10.6 Å². The summed E-state index contributed by atoms with van der Waals surface area (Å²) >= 11 is 1.43. The van der Waals surface area contributed by atoms with Gasteiger partial charge in [-0.05, 0) is 32.9 Å². The number of hydrogen-bond donors (Lipinski definition) is 0. The lowest BCUT2D eigenvalue weighted by molar-refractivity contribution is -0.0585. The summed E-state index contributed by atoms with van der Waals surface area (Å²) in [6, 6.07) is 3.83. The molecule has 22 heavy (non-hydrogen) atoms. The van der Waals surface area contributed by atoms with Crippen LogP contribution in [0.15, 0.2) is 24.5 Å². The van der Waals surface area contributed by atoms with Crippen molar-refractivity contribution in [3.8, 4) is 10.6 Å². The summed E-state index contributed by atoms with van der Waals surface area (Å²) in [7, 11) is 0. The first kappa shape index (κ1) is 15.1. The number of nitrogens with zero attached hydrogens (tertiary/aromatic N) is 3. The Kier molecular flexibility index (Phi) is 4.22. The number of morpholine rings is 1. The largest absolute Gasteiger partial charge is 0.372 e. The first-order valence-electron chi connectivity index (χ1n) is 7.37. The van der Waals surface area contributed by atoms with Crippen LogP contribution in [-0.4, -0.2) is 46.1 Å². The van der Waals surface area contributed by atoms with Crippen LogP contribution < -0.4 is 0 Å². The molecule has 1 aliphatic rings. The monoisotopic (exact) mass is 317 g/mol. The minimum atomic E-state index is 0.0483. The Morgan fingerprint density at radius 1 is 1.36 bits per heavy atom. The van der Waals surface area contributed by atoms with Gasteiger partial charge in [0.2, 0.25) is 0 Å². The number of aryl methyl sites for hydroxylation is 1. The molecular formula is C16H19N3O2S. The zero-order valence-electron chi connectivity index (χ0n) is 12.9. The van der Waals surface area contributed by atoms with Gasteiger partial charge in [-0.25, -0.2) is 4.98 Å². The van der Waals surface area contributed by atoms with Crippen LogP contribution in [0.1, 0.15) is 29.2 Å². The zero-order valence-corrected chi connectivity index (χ0v) is 13.8. The van der Waals surface area contributed by atoms with Gasteiger partial charge in [0, 0.05) is 31.0 Å². The molecule has 6 heteroatoms. The van der Waals surface area contributed by atoms with Crippen molar-refractivity contribution in [2.45, 2.75) is 33.0 Å². The Balaban J connectivity index is 1.86. The van der Waals surface area contributed by atoms with E-state index >= 15 is 0 Å². The van der Waals surface area contributed by atoms with Crippen LogP contribution in [0, 0.1) is 6.92 Å². The molecule has 2 aromatic heterocycles. The molecule has 3 heterocycles. The van der Waals surface area contributed by atoms with E-state index in [0.717, 1.165) is 16.3 Å². The number of pyridine rings is 1. The minimum Gasteiger partial charge on any atom is -0.372 e. The third kappa shape index (κ3) is 3.03. The predicted octanol–water partition coefficient (Wildman–Crippen LogP) is 2.76. The van der Waals surface area contributed by atoms with Crippen LogP contribution in [0.3, 0.4) is 0 Å². The third-order valence-electron chi connectivity index (χ3n) is 3.61. The highest BCUT2D eigenvalue weighted by atomic mass is 32.1. The van der Waals surface area contributed by atoms with Crippen LogP contribution in [0.2, 0.25) is 0 Å². The summed E-state index contributed by atoms with van der Waals surface area (Å²) in [6.45, 7) is 7.13. The molecule has 2 aromatic rings. The number of hydrogen-bond acceptors (Lipinski definition) is 5. The summed E-state index contributed by atoms with van der Waals surface area (Å²) in [5.41, 5.74) is 1.72. The Bertz CT molecular complexity index is 661. The first-order valence-corrected chi connectivity index (χ1v) is 8.19. The van der Waals surface area contributed by atoms with Crippen LogP contribution >= 0.6 is 11.3 Å². The van der Waals surface area contributed by atoms with Gasteiger partial charge in [0.25, 0.3) is 5.91 Å². The quantitative estimate of drug-likeness (QED) is 0.854. The van der Waals surface area contributed by atoms with Crippen molar-refractivity contribution in [1.29, 1.82) is 0 Å². The molecule has 1 amide bonds. The van der Waals surface area contributed by atoms with Gasteiger partial charge < -0.3 is 9.64 Å². The van der Waals surface area contributed by atoms with Gasteiger partial charge in [0.1, 0.15) is 9.88 Å². The Hall–Kier alpha value is -1.79. The molecule has 0 saturated carbocycles. The van der Waals surface area contributed by atoms with Crippen LogP contribution in [-0.2, 0) is 4.74 Å². The maximum Gasteiger partial charge on any atom is 0.266 e. The Morgan fingerprint density at radius 3 is 2.73 bits per heavy atom. The molecule has 0 N–H and O–H groups in total.